The molecule has 0 unspecified atom stereocenters. The van der Waals surface area contributed by atoms with Gasteiger partial charge in [0.1, 0.15) is 5.82 Å². The van der Waals surface area contributed by atoms with E-state index in [2.05, 4.69) is 47.1 Å². The van der Waals surface area contributed by atoms with E-state index in [0.29, 0.717) is 11.8 Å². The standard InChI is InChI=1S/C17H19N5/c1-10-5-6-11(2)14(7-10)15-8-12(3)19-17(20-15)22-16(18)9-13(4)21-22/h5-9H,18H2,1-4H3. The van der Waals surface area contributed by atoms with E-state index in [1.165, 1.54) is 11.1 Å². The number of aryl methyl sites for hydroxylation is 4. The third-order valence-electron chi connectivity index (χ3n) is 3.56. The summed E-state index contributed by atoms with van der Waals surface area (Å²) in [6, 6.07) is 10.1. The topological polar surface area (TPSA) is 69.6 Å². The summed E-state index contributed by atoms with van der Waals surface area (Å²) < 4.78 is 1.58. The Bertz CT molecular complexity index is 848. The molecule has 0 aliphatic carbocycles. The monoisotopic (exact) mass is 293 g/mol. The number of rotatable bonds is 2. The van der Waals surface area contributed by atoms with Crippen LogP contribution in [0.1, 0.15) is 22.5 Å². The number of nitrogens with two attached hydrogens (primary N) is 1. The normalized spacial score (nSPS) is 10.9. The SMILES string of the molecule is Cc1ccc(C)c(-c2cc(C)nc(-n3nc(C)cc3N)n2)c1. The lowest BCUT2D eigenvalue weighted by Gasteiger charge is -2.10. The summed E-state index contributed by atoms with van der Waals surface area (Å²) in [5.74, 6) is 1.04. The van der Waals surface area contributed by atoms with Crippen LogP contribution in [0, 0.1) is 27.7 Å². The van der Waals surface area contributed by atoms with E-state index in [0.717, 1.165) is 22.6 Å². The third-order valence-corrected chi connectivity index (χ3v) is 3.56. The quantitative estimate of drug-likeness (QED) is 0.788. The molecule has 1 aromatic carbocycles. The van der Waals surface area contributed by atoms with Crippen molar-refractivity contribution in [2.45, 2.75) is 27.7 Å². The first-order valence-electron chi connectivity index (χ1n) is 7.20. The molecule has 2 N–H and O–H groups in total. The molecule has 0 saturated carbocycles. The van der Waals surface area contributed by atoms with Gasteiger partial charge in [-0.15, -0.1) is 0 Å². The fourth-order valence-electron chi connectivity index (χ4n) is 2.48. The second-order valence-electron chi connectivity index (χ2n) is 5.64. The van der Waals surface area contributed by atoms with Gasteiger partial charge in [0.05, 0.1) is 11.4 Å². The summed E-state index contributed by atoms with van der Waals surface area (Å²) in [6.45, 7) is 8.01. The Morgan fingerprint density at radius 1 is 0.909 bits per heavy atom. The summed E-state index contributed by atoms with van der Waals surface area (Å²) in [6.07, 6.45) is 0. The molecule has 5 heteroatoms. The molecule has 0 amide bonds. The lowest BCUT2D eigenvalue weighted by molar-refractivity contribution is 0.800. The molecule has 2 aromatic heterocycles. The minimum Gasteiger partial charge on any atom is -0.383 e. The lowest BCUT2D eigenvalue weighted by Crippen LogP contribution is -2.08. The molecule has 3 aromatic rings. The van der Waals surface area contributed by atoms with E-state index in [1.54, 1.807) is 4.68 Å². The number of nitrogen functional groups attached to an aromatic ring is 1. The second kappa shape index (κ2) is 5.26. The van der Waals surface area contributed by atoms with Crippen molar-refractivity contribution in [2.75, 3.05) is 5.73 Å². The molecule has 0 radical (unpaired) electrons. The van der Waals surface area contributed by atoms with Crippen molar-refractivity contribution in [3.05, 3.63) is 52.8 Å². The minimum atomic E-state index is 0.501. The summed E-state index contributed by atoms with van der Waals surface area (Å²) in [5, 5.41) is 4.36. The summed E-state index contributed by atoms with van der Waals surface area (Å²) in [4.78, 5) is 9.12. The molecule has 22 heavy (non-hydrogen) atoms. The summed E-state index contributed by atoms with van der Waals surface area (Å²) in [7, 11) is 0. The van der Waals surface area contributed by atoms with Crippen LogP contribution in [0.25, 0.3) is 17.2 Å². The van der Waals surface area contributed by atoms with Crippen molar-refractivity contribution in [1.82, 2.24) is 19.7 Å². The van der Waals surface area contributed by atoms with Gasteiger partial charge in [-0.25, -0.2) is 9.97 Å². The molecule has 0 fully saturated rings. The highest BCUT2D eigenvalue weighted by atomic mass is 15.4. The number of benzene rings is 1. The zero-order chi connectivity index (χ0) is 15.9. The molecule has 112 valence electrons. The van der Waals surface area contributed by atoms with Crippen LogP contribution in [0.3, 0.4) is 0 Å². The highest BCUT2D eigenvalue weighted by Gasteiger charge is 2.12. The van der Waals surface area contributed by atoms with Gasteiger partial charge in [-0.3, -0.25) is 0 Å². The smallest absolute Gasteiger partial charge is 0.253 e. The van der Waals surface area contributed by atoms with E-state index in [1.807, 2.05) is 26.0 Å². The predicted molar refractivity (Wildman–Crippen MR) is 88.0 cm³/mol. The lowest BCUT2D eigenvalue weighted by atomic mass is 10.0. The molecule has 0 atom stereocenters. The molecule has 0 saturated heterocycles. The van der Waals surface area contributed by atoms with Gasteiger partial charge >= 0.3 is 0 Å². The van der Waals surface area contributed by atoms with Gasteiger partial charge in [0.2, 0.25) is 0 Å². The maximum absolute atomic E-state index is 5.99. The Labute approximate surface area is 129 Å². The fourth-order valence-corrected chi connectivity index (χ4v) is 2.48. The molecular weight excluding hydrogens is 274 g/mol. The number of aromatic nitrogens is 4. The Morgan fingerprint density at radius 3 is 2.36 bits per heavy atom. The van der Waals surface area contributed by atoms with Crippen molar-refractivity contribution in [3.63, 3.8) is 0 Å². The minimum absolute atomic E-state index is 0.501. The van der Waals surface area contributed by atoms with Crippen LogP contribution in [0.5, 0.6) is 0 Å². The maximum atomic E-state index is 5.99. The van der Waals surface area contributed by atoms with Crippen LogP contribution in [-0.4, -0.2) is 19.7 Å². The van der Waals surface area contributed by atoms with Crippen LogP contribution in [0.15, 0.2) is 30.3 Å². The number of hydrogen-bond acceptors (Lipinski definition) is 4. The van der Waals surface area contributed by atoms with Crippen LogP contribution in [0.4, 0.5) is 5.82 Å². The summed E-state index contributed by atoms with van der Waals surface area (Å²) >= 11 is 0. The highest BCUT2D eigenvalue weighted by molar-refractivity contribution is 5.65. The maximum Gasteiger partial charge on any atom is 0.253 e. The molecule has 2 heterocycles. The van der Waals surface area contributed by atoms with Crippen LogP contribution in [-0.2, 0) is 0 Å². The van der Waals surface area contributed by atoms with E-state index in [4.69, 9.17) is 5.73 Å². The molecule has 0 aliphatic heterocycles. The van der Waals surface area contributed by atoms with Gasteiger partial charge in [0, 0.05) is 17.3 Å². The number of anilines is 1. The van der Waals surface area contributed by atoms with E-state index >= 15 is 0 Å². The first kappa shape index (κ1) is 14.3. The Hall–Kier alpha value is -2.69. The molecule has 0 aliphatic rings. The number of nitrogens with zero attached hydrogens (tertiary/aromatic N) is 4. The van der Waals surface area contributed by atoms with Crippen LogP contribution < -0.4 is 5.73 Å². The first-order chi connectivity index (χ1) is 10.4. The van der Waals surface area contributed by atoms with E-state index in [-0.39, 0.29) is 0 Å². The van der Waals surface area contributed by atoms with Gasteiger partial charge in [-0.2, -0.15) is 9.78 Å². The highest BCUT2D eigenvalue weighted by Crippen LogP contribution is 2.24. The molecule has 0 spiro atoms. The second-order valence-corrected chi connectivity index (χ2v) is 5.64. The van der Waals surface area contributed by atoms with E-state index < -0.39 is 0 Å². The first-order valence-corrected chi connectivity index (χ1v) is 7.20. The average molecular weight is 293 g/mol. The molecular formula is C17H19N5. The van der Waals surface area contributed by atoms with Crippen molar-refractivity contribution in [2.24, 2.45) is 0 Å². The summed E-state index contributed by atoms with van der Waals surface area (Å²) in [5.41, 5.74) is 12.1. The average Bonchev–Trinajstić information content (AvgIpc) is 2.80. The molecule has 5 nitrogen and oxygen atoms in total. The zero-order valence-electron chi connectivity index (χ0n) is 13.3. The van der Waals surface area contributed by atoms with Crippen LogP contribution in [0.2, 0.25) is 0 Å². The van der Waals surface area contributed by atoms with Crippen molar-refractivity contribution >= 4 is 5.82 Å². The van der Waals surface area contributed by atoms with Crippen molar-refractivity contribution in [3.8, 4) is 17.2 Å². The van der Waals surface area contributed by atoms with Gasteiger partial charge in [0.15, 0.2) is 0 Å². The van der Waals surface area contributed by atoms with E-state index in [9.17, 15) is 0 Å². The van der Waals surface area contributed by atoms with Gasteiger partial charge < -0.3 is 5.73 Å². The van der Waals surface area contributed by atoms with Gasteiger partial charge in [-0.1, -0.05) is 17.7 Å². The third kappa shape index (κ3) is 2.57. The Morgan fingerprint density at radius 2 is 1.68 bits per heavy atom. The molecule has 3 rings (SSSR count). The Kier molecular flexibility index (Phi) is 3.41. The largest absolute Gasteiger partial charge is 0.383 e. The fraction of sp³-hybridized carbons (Fsp3) is 0.235. The Balaban J connectivity index is 2.19. The van der Waals surface area contributed by atoms with Gasteiger partial charge in [0.25, 0.3) is 5.95 Å². The van der Waals surface area contributed by atoms with Crippen molar-refractivity contribution in [1.29, 1.82) is 0 Å². The van der Waals surface area contributed by atoms with Crippen LogP contribution >= 0.6 is 0 Å². The van der Waals surface area contributed by atoms with Crippen molar-refractivity contribution < 1.29 is 0 Å². The van der Waals surface area contributed by atoms with Gasteiger partial charge in [-0.05, 0) is 45.4 Å². The molecule has 0 bridgehead atoms. The predicted octanol–water partition coefficient (Wildman–Crippen LogP) is 3.15. The zero-order valence-corrected chi connectivity index (χ0v) is 13.3. The number of hydrogen-bond donors (Lipinski definition) is 1.